The minimum absolute atomic E-state index is 0.196. The van der Waals surface area contributed by atoms with Gasteiger partial charge in [0.25, 0.3) is 5.56 Å². The molecule has 2 heterocycles. The van der Waals surface area contributed by atoms with Crippen molar-refractivity contribution in [2.75, 3.05) is 13.2 Å². The zero-order valence-corrected chi connectivity index (χ0v) is 13.0. The lowest BCUT2D eigenvalue weighted by atomic mass is 10.2. The van der Waals surface area contributed by atoms with Gasteiger partial charge in [-0.15, -0.1) is 0 Å². The molecule has 1 aliphatic rings. The van der Waals surface area contributed by atoms with Gasteiger partial charge in [0.15, 0.2) is 12.5 Å². The molecule has 0 saturated carbocycles. The Bertz CT molecular complexity index is 812. The molecule has 2 atom stereocenters. The van der Waals surface area contributed by atoms with E-state index in [2.05, 4.69) is 11.6 Å². The Kier molecular flexibility index (Phi) is 5.05. The molecule has 0 spiro atoms. The molecule has 0 radical (unpaired) electrons. The van der Waals surface area contributed by atoms with E-state index in [0.29, 0.717) is 12.2 Å². The first-order valence-corrected chi connectivity index (χ1v) is 7.54. The van der Waals surface area contributed by atoms with Crippen LogP contribution < -0.4 is 11.2 Å². The van der Waals surface area contributed by atoms with Gasteiger partial charge in [0.1, 0.15) is 0 Å². The summed E-state index contributed by atoms with van der Waals surface area (Å²) < 4.78 is 18.0. The molecule has 1 N–H and O–H groups in total. The van der Waals surface area contributed by atoms with E-state index in [9.17, 15) is 9.59 Å². The largest absolute Gasteiger partial charge is 0.371 e. The van der Waals surface area contributed by atoms with E-state index in [0.717, 1.165) is 5.56 Å². The second-order valence-corrected chi connectivity index (χ2v) is 5.31. The van der Waals surface area contributed by atoms with Crippen LogP contribution in [0, 0.1) is 0 Å². The zero-order valence-electron chi connectivity index (χ0n) is 13.0. The molecule has 0 bridgehead atoms. The van der Waals surface area contributed by atoms with Gasteiger partial charge in [0.05, 0.1) is 25.4 Å². The lowest BCUT2D eigenvalue weighted by Crippen LogP contribution is -2.34. The van der Waals surface area contributed by atoms with Crippen LogP contribution in [0.25, 0.3) is 6.08 Å². The molecule has 7 heteroatoms. The van der Waals surface area contributed by atoms with Crippen LogP contribution in [0.3, 0.4) is 0 Å². The van der Waals surface area contributed by atoms with E-state index in [-0.39, 0.29) is 13.2 Å². The van der Waals surface area contributed by atoms with Gasteiger partial charge in [0, 0.05) is 6.20 Å². The quantitative estimate of drug-likeness (QED) is 0.862. The maximum Gasteiger partial charge on any atom is 0.330 e. The molecule has 7 nitrogen and oxygen atoms in total. The highest BCUT2D eigenvalue weighted by Gasteiger charge is 2.28. The summed E-state index contributed by atoms with van der Waals surface area (Å²) in [4.78, 5) is 25.7. The first-order chi connectivity index (χ1) is 11.7. The lowest BCUT2D eigenvalue weighted by molar-refractivity contribution is -0.118. The molecule has 126 valence electrons. The second-order valence-electron chi connectivity index (χ2n) is 5.31. The summed E-state index contributed by atoms with van der Waals surface area (Å²) in [5.74, 6) is 0. The summed E-state index contributed by atoms with van der Waals surface area (Å²) in [6, 6.07) is 9.76. The van der Waals surface area contributed by atoms with Gasteiger partial charge < -0.3 is 14.2 Å². The predicted molar refractivity (Wildman–Crippen MR) is 87.4 cm³/mol. The average molecular weight is 330 g/mol. The van der Waals surface area contributed by atoms with E-state index in [1.54, 1.807) is 0 Å². The molecular weight excluding hydrogens is 312 g/mol. The third-order valence-electron chi connectivity index (χ3n) is 3.62. The number of hydrogen-bond acceptors (Lipinski definition) is 5. The Morgan fingerprint density at radius 2 is 2.12 bits per heavy atom. The molecule has 1 aromatic carbocycles. The van der Waals surface area contributed by atoms with Crippen LogP contribution in [-0.2, 0) is 20.8 Å². The maximum absolute atomic E-state index is 11.9. The average Bonchev–Trinajstić information content (AvgIpc) is 3.04. The number of ether oxygens (including phenoxy) is 3. The molecule has 1 saturated heterocycles. The molecule has 24 heavy (non-hydrogen) atoms. The van der Waals surface area contributed by atoms with Gasteiger partial charge in [-0.2, -0.15) is 0 Å². The fraction of sp³-hybridized carbons (Fsp3) is 0.294. The maximum atomic E-state index is 11.9. The summed E-state index contributed by atoms with van der Waals surface area (Å²) in [6.45, 7) is 4.44. The van der Waals surface area contributed by atoms with E-state index < -0.39 is 23.8 Å². The third-order valence-corrected chi connectivity index (χ3v) is 3.62. The van der Waals surface area contributed by atoms with Crippen molar-refractivity contribution in [3.8, 4) is 0 Å². The van der Waals surface area contributed by atoms with Crippen molar-refractivity contribution in [3.05, 3.63) is 75.1 Å². The van der Waals surface area contributed by atoms with Gasteiger partial charge in [-0.05, 0) is 5.56 Å². The highest BCUT2D eigenvalue weighted by molar-refractivity contribution is 5.43. The number of hydrogen-bond donors (Lipinski definition) is 1. The number of benzene rings is 1. The SMILES string of the molecule is C=Cc1cn([C@@H]2CO[C@H](COCc3ccccc3)O2)c(=O)[nH]c1=O. The summed E-state index contributed by atoms with van der Waals surface area (Å²) in [5, 5.41) is 0. The van der Waals surface area contributed by atoms with Crippen molar-refractivity contribution in [2.24, 2.45) is 0 Å². The number of rotatable bonds is 6. The Hall–Kier alpha value is -2.48. The highest BCUT2D eigenvalue weighted by Crippen LogP contribution is 2.20. The van der Waals surface area contributed by atoms with Crippen LogP contribution in [-0.4, -0.2) is 29.1 Å². The normalized spacial score (nSPS) is 20.2. The number of H-pyrrole nitrogens is 1. The number of nitrogens with one attached hydrogen (secondary N) is 1. The van der Waals surface area contributed by atoms with E-state index in [1.165, 1.54) is 16.8 Å². The monoisotopic (exact) mass is 330 g/mol. The van der Waals surface area contributed by atoms with Gasteiger partial charge in [0.2, 0.25) is 0 Å². The van der Waals surface area contributed by atoms with Crippen molar-refractivity contribution in [1.29, 1.82) is 0 Å². The van der Waals surface area contributed by atoms with Gasteiger partial charge in [-0.25, -0.2) is 4.79 Å². The fourth-order valence-electron chi connectivity index (χ4n) is 2.38. The highest BCUT2D eigenvalue weighted by atomic mass is 16.7. The predicted octanol–water partition coefficient (Wildman–Crippen LogP) is 1.27. The molecule has 0 aliphatic carbocycles. The number of nitrogens with zero attached hydrogens (tertiary/aromatic N) is 1. The third kappa shape index (κ3) is 3.70. The number of aromatic amines is 1. The first kappa shape index (κ1) is 16.4. The standard InChI is InChI=1S/C17H18N2O5/c1-2-13-8-19(17(21)18-16(13)20)14-10-23-15(24-14)11-22-9-12-6-4-3-5-7-12/h2-8,14-15H,1,9-11H2,(H,18,20,21)/t14-,15-/m0/s1. The zero-order chi connectivity index (χ0) is 16.9. The first-order valence-electron chi connectivity index (χ1n) is 7.54. The second kappa shape index (κ2) is 7.39. The van der Waals surface area contributed by atoms with Gasteiger partial charge >= 0.3 is 5.69 Å². The van der Waals surface area contributed by atoms with Crippen LogP contribution in [0.15, 0.2) is 52.7 Å². The van der Waals surface area contributed by atoms with E-state index in [4.69, 9.17) is 14.2 Å². The van der Waals surface area contributed by atoms with Crippen LogP contribution in [0.4, 0.5) is 0 Å². The molecule has 0 amide bonds. The van der Waals surface area contributed by atoms with Crippen molar-refractivity contribution in [1.82, 2.24) is 9.55 Å². The van der Waals surface area contributed by atoms with Gasteiger partial charge in [-0.1, -0.05) is 43.0 Å². The summed E-state index contributed by atoms with van der Waals surface area (Å²) in [7, 11) is 0. The summed E-state index contributed by atoms with van der Waals surface area (Å²) >= 11 is 0. The fourth-order valence-corrected chi connectivity index (χ4v) is 2.38. The van der Waals surface area contributed by atoms with Gasteiger partial charge in [-0.3, -0.25) is 14.3 Å². The molecule has 1 aromatic heterocycles. The summed E-state index contributed by atoms with van der Waals surface area (Å²) in [5.41, 5.74) is 0.319. The minimum Gasteiger partial charge on any atom is -0.371 e. The van der Waals surface area contributed by atoms with E-state index in [1.807, 2.05) is 30.3 Å². The smallest absolute Gasteiger partial charge is 0.330 e. The van der Waals surface area contributed by atoms with Crippen LogP contribution in [0.5, 0.6) is 0 Å². The summed E-state index contributed by atoms with van der Waals surface area (Å²) in [6.07, 6.45) is 1.61. The number of aromatic nitrogens is 2. The Morgan fingerprint density at radius 3 is 2.88 bits per heavy atom. The Morgan fingerprint density at radius 1 is 1.33 bits per heavy atom. The lowest BCUT2D eigenvalue weighted by Gasteiger charge is -2.14. The Labute approximate surface area is 138 Å². The molecule has 3 rings (SSSR count). The minimum atomic E-state index is -0.613. The molecule has 1 fully saturated rings. The Balaban J connectivity index is 1.58. The molecule has 0 unspecified atom stereocenters. The van der Waals surface area contributed by atoms with E-state index >= 15 is 0 Å². The molecule has 1 aliphatic heterocycles. The molecular formula is C17H18N2O5. The van der Waals surface area contributed by atoms with Crippen molar-refractivity contribution < 1.29 is 14.2 Å². The topological polar surface area (TPSA) is 82.6 Å². The molecule has 2 aromatic rings. The van der Waals surface area contributed by atoms with Crippen molar-refractivity contribution in [2.45, 2.75) is 19.1 Å². The van der Waals surface area contributed by atoms with Crippen LogP contribution in [0.2, 0.25) is 0 Å². The van der Waals surface area contributed by atoms with Crippen LogP contribution >= 0.6 is 0 Å². The van der Waals surface area contributed by atoms with Crippen molar-refractivity contribution >= 4 is 6.08 Å². The van der Waals surface area contributed by atoms with Crippen molar-refractivity contribution in [3.63, 3.8) is 0 Å². The van der Waals surface area contributed by atoms with Crippen LogP contribution in [0.1, 0.15) is 17.4 Å².